The maximum atomic E-state index is 13.0. The fourth-order valence-electron chi connectivity index (χ4n) is 3.67. The number of amides is 2. The lowest BCUT2D eigenvalue weighted by Crippen LogP contribution is -2.45. The van der Waals surface area contributed by atoms with E-state index in [-0.39, 0.29) is 30.9 Å². The van der Waals surface area contributed by atoms with Crippen LogP contribution < -0.4 is 4.74 Å². The Hall–Kier alpha value is -2.87. The summed E-state index contributed by atoms with van der Waals surface area (Å²) < 4.78 is 5.19. The zero-order valence-corrected chi connectivity index (χ0v) is 16.9. The zero-order chi connectivity index (χ0) is 20.8. The van der Waals surface area contributed by atoms with Crippen molar-refractivity contribution < 1.29 is 19.4 Å². The molecule has 156 valence electrons. The molecule has 0 saturated carbocycles. The maximum absolute atomic E-state index is 13.0. The van der Waals surface area contributed by atoms with E-state index in [1.165, 1.54) is 0 Å². The topological polar surface area (TPSA) is 98.8 Å². The number of methoxy groups -OCH3 is 1. The molecule has 1 fully saturated rings. The molecule has 0 aliphatic carbocycles. The highest BCUT2D eigenvalue weighted by molar-refractivity contribution is 5.94. The van der Waals surface area contributed by atoms with E-state index in [2.05, 4.69) is 9.97 Å². The first kappa shape index (κ1) is 20.9. The Morgan fingerprint density at radius 1 is 1.34 bits per heavy atom. The summed E-state index contributed by atoms with van der Waals surface area (Å²) in [5, 5.41) is 9.37. The molecule has 0 atom stereocenters. The first-order valence-corrected chi connectivity index (χ1v) is 9.85. The third-order valence-electron chi connectivity index (χ3n) is 5.25. The Balaban J connectivity index is 1.59. The van der Waals surface area contributed by atoms with Crippen LogP contribution in [-0.2, 0) is 11.3 Å². The van der Waals surface area contributed by atoms with Crippen molar-refractivity contribution in [2.75, 3.05) is 33.4 Å². The molecule has 0 radical (unpaired) electrons. The molecule has 8 nitrogen and oxygen atoms in total. The van der Waals surface area contributed by atoms with Gasteiger partial charge in [0.1, 0.15) is 11.6 Å². The number of hydrogen-bond acceptors (Lipinski definition) is 5. The minimum Gasteiger partial charge on any atom is -0.497 e. The van der Waals surface area contributed by atoms with Gasteiger partial charge in [-0.05, 0) is 38.0 Å². The number of likely N-dealkylation sites (tertiary alicyclic amines) is 1. The van der Waals surface area contributed by atoms with Crippen LogP contribution in [-0.4, -0.2) is 70.0 Å². The molecule has 1 aromatic heterocycles. The van der Waals surface area contributed by atoms with Crippen molar-refractivity contribution in [3.63, 3.8) is 0 Å². The second-order valence-corrected chi connectivity index (χ2v) is 7.28. The molecule has 2 aromatic rings. The van der Waals surface area contributed by atoms with Gasteiger partial charge in [-0.25, -0.2) is 4.98 Å². The number of nitrogens with one attached hydrogen (secondary N) is 1. The van der Waals surface area contributed by atoms with E-state index in [9.17, 15) is 14.7 Å². The number of benzene rings is 1. The number of piperidine rings is 1. The predicted octanol–water partition coefficient (Wildman–Crippen LogP) is 1.60. The molecule has 2 amide bonds. The molecule has 2 heterocycles. The smallest absolute Gasteiger partial charge is 0.253 e. The molecule has 29 heavy (non-hydrogen) atoms. The zero-order valence-electron chi connectivity index (χ0n) is 16.9. The van der Waals surface area contributed by atoms with Crippen LogP contribution in [0.2, 0.25) is 0 Å². The number of carbonyl (C=O) groups is 2. The molecule has 3 rings (SSSR count). The Morgan fingerprint density at radius 2 is 2.10 bits per heavy atom. The number of H-pyrrole nitrogens is 1. The molecular formula is C21H28N4O4. The summed E-state index contributed by atoms with van der Waals surface area (Å²) in [5.74, 6) is 1.25. The standard InChI is InChI=1S/C21H28N4O4/c1-15-22-13-18(23-15)14-25(10-11-26)20(27)16-6-8-24(9-7-16)21(28)17-4-3-5-19(12-17)29-2/h3-5,12-13,16,26H,6-11,14H2,1-2H3,(H,22,23). The first-order chi connectivity index (χ1) is 14.0. The van der Waals surface area contributed by atoms with Crippen LogP contribution in [0.3, 0.4) is 0 Å². The van der Waals surface area contributed by atoms with Gasteiger partial charge < -0.3 is 24.6 Å². The number of imidazole rings is 1. The molecule has 1 aromatic carbocycles. The van der Waals surface area contributed by atoms with Crippen molar-refractivity contribution in [1.29, 1.82) is 0 Å². The van der Waals surface area contributed by atoms with Gasteiger partial charge in [-0.15, -0.1) is 0 Å². The summed E-state index contributed by atoms with van der Waals surface area (Å²) in [6, 6.07) is 7.11. The molecule has 8 heteroatoms. The van der Waals surface area contributed by atoms with Crippen LogP contribution in [0.1, 0.15) is 34.7 Å². The number of nitrogens with zero attached hydrogens (tertiary/aromatic N) is 3. The van der Waals surface area contributed by atoms with Gasteiger partial charge in [0.25, 0.3) is 5.91 Å². The van der Waals surface area contributed by atoms with E-state index < -0.39 is 0 Å². The van der Waals surface area contributed by atoms with Gasteiger partial charge in [0.2, 0.25) is 5.91 Å². The van der Waals surface area contributed by atoms with E-state index in [0.29, 0.717) is 43.8 Å². The Bertz CT molecular complexity index is 843. The number of aryl methyl sites for hydroxylation is 1. The number of aromatic nitrogens is 2. The maximum Gasteiger partial charge on any atom is 0.253 e. The fourth-order valence-corrected chi connectivity index (χ4v) is 3.67. The van der Waals surface area contributed by atoms with Crippen LogP contribution in [0.5, 0.6) is 5.75 Å². The third-order valence-corrected chi connectivity index (χ3v) is 5.25. The highest BCUT2D eigenvalue weighted by Crippen LogP contribution is 2.23. The Kier molecular flexibility index (Phi) is 6.87. The fraction of sp³-hybridized carbons (Fsp3) is 0.476. The molecule has 0 spiro atoms. The Labute approximate surface area is 170 Å². The quantitative estimate of drug-likeness (QED) is 0.736. The van der Waals surface area contributed by atoms with E-state index in [4.69, 9.17) is 4.74 Å². The van der Waals surface area contributed by atoms with Gasteiger partial charge in [0.15, 0.2) is 0 Å². The van der Waals surface area contributed by atoms with Gasteiger partial charge in [0, 0.05) is 31.1 Å². The molecule has 0 bridgehead atoms. The van der Waals surface area contributed by atoms with Gasteiger partial charge in [-0.2, -0.15) is 0 Å². The summed E-state index contributed by atoms with van der Waals surface area (Å²) in [6.45, 7) is 3.50. The first-order valence-electron chi connectivity index (χ1n) is 9.85. The van der Waals surface area contributed by atoms with Crippen molar-refractivity contribution in [3.05, 3.63) is 47.5 Å². The number of aromatic amines is 1. The van der Waals surface area contributed by atoms with Crippen LogP contribution in [0.4, 0.5) is 0 Å². The van der Waals surface area contributed by atoms with Crippen LogP contribution in [0.25, 0.3) is 0 Å². The number of carbonyl (C=O) groups excluding carboxylic acids is 2. The van der Waals surface area contributed by atoms with Gasteiger partial charge in [-0.3, -0.25) is 9.59 Å². The van der Waals surface area contributed by atoms with E-state index >= 15 is 0 Å². The van der Waals surface area contributed by atoms with Crippen LogP contribution in [0, 0.1) is 12.8 Å². The minimum absolute atomic E-state index is 0.0137. The van der Waals surface area contributed by atoms with E-state index in [1.54, 1.807) is 47.4 Å². The number of aliphatic hydroxyl groups excluding tert-OH is 1. The SMILES string of the molecule is COc1cccc(C(=O)N2CCC(C(=O)N(CCO)Cc3cnc(C)[nH]3)CC2)c1. The second kappa shape index (κ2) is 9.56. The van der Waals surface area contributed by atoms with E-state index in [1.807, 2.05) is 6.92 Å². The number of rotatable bonds is 7. The van der Waals surface area contributed by atoms with Crippen molar-refractivity contribution in [3.8, 4) is 5.75 Å². The number of hydrogen-bond donors (Lipinski definition) is 2. The highest BCUT2D eigenvalue weighted by atomic mass is 16.5. The highest BCUT2D eigenvalue weighted by Gasteiger charge is 2.30. The molecule has 1 aliphatic heterocycles. The van der Waals surface area contributed by atoms with Gasteiger partial charge in [-0.1, -0.05) is 6.07 Å². The van der Waals surface area contributed by atoms with Crippen molar-refractivity contribution in [2.24, 2.45) is 5.92 Å². The normalized spacial score (nSPS) is 14.7. The summed E-state index contributed by atoms with van der Waals surface area (Å²) in [5.41, 5.74) is 1.43. The molecule has 2 N–H and O–H groups in total. The van der Waals surface area contributed by atoms with Gasteiger partial charge >= 0.3 is 0 Å². The summed E-state index contributed by atoms with van der Waals surface area (Å²) in [6.07, 6.45) is 2.93. The van der Waals surface area contributed by atoms with Crippen molar-refractivity contribution in [2.45, 2.75) is 26.3 Å². The van der Waals surface area contributed by atoms with Crippen molar-refractivity contribution >= 4 is 11.8 Å². The molecule has 1 aliphatic rings. The lowest BCUT2D eigenvalue weighted by atomic mass is 9.94. The summed E-state index contributed by atoms with van der Waals surface area (Å²) in [7, 11) is 1.57. The average Bonchev–Trinajstić information content (AvgIpc) is 3.17. The van der Waals surface area contributed by atoms with Crippen LogP contribution >= 0.6 is 0 Å². The van der Waals surface area contributed by atoms with Gasteiger partial charge in [0.05, 0.1) is 32.2 Å². The third kappa shape index (κ3) is 5.14. The lowest BCUT2D eigenvalue weighted by molar-refractivity contribution is -0.138. The largest absolute Gasteiger partial charge is 0.497 e. The monoisotopic (exact) mass is 400 g/mol. The Morgan fingerprint density at radius 3 is 2.72 bits per heavy atom. The molecule has 0 unspecified atom stereocenters. The number of ether oxygens (including phenoxy) is 1. The van der Waals surface area contributed by atoms with Crippen molar-refractivity contribution in [1.82, 2.24) is 19.8 Å². The molecular weight excluding hydrogens is 372 g/mol. The lowest BCUT2D eigenvalue weighted by Gasteiger charge is -2.34. The average molecular weight is 400 g/mol. The summed E-state index contributed by atoms with van der Waals surface area (Å²) >= 11 is 0. The predicted molar refractivity (Wildman–Crippen MR) is 107 cm³/mol. The molecule has 1 saturated heterocycles. The van der Waals surface area contributed by atoms with Crippen LogP contribution in [0.15, 0.2) is 30.5 Å². The van der Waals surface area contributed by atoms with E-state index in [0.717, 1.165) is 11.5 Å². The minimum atomic E-state index is -0.153. The number of aliphatic hydroxyl groups is 1. The second-order valence-electron chi connectivity index (χ2n) is 7.28. The summed E-state index contributed by atoms with van der Waals surface area (Å²) in [4.78, 5) is 36.5.